The zero-order chi connectivity index (χ0) is 38.7. The topological polar surface area (TPSA) is 141 Å². The number of methoxy groups -OCH3 is 2. The van der Waals surface area contributed by atoms with Gasteiger partial charge in [0.05, 0.1) is 27.4 Å². The molecule has 11 nitrogen and oxygen atoms in total. The first kappa shape index (κ1) is 40.1. The van der Waals surface area contributed by atoms with Crippen LogP contribution >= 0.6 is 0 Å². The first-order chi connectivity index (χ1) is 25.2. The van der Waals surface area contributed by atoms with Gasteiger partial charge in [-0.05, 0) is 64.5 Å². The van der Waals surface area contributed by atoms with Crippen molar-refractivity contribution in [3.8, 4) is 11.5 Å². The molecule has 1 saturated heterocycles. The van der Waals surface area contributed by atoms with Gasteiger partial charge in [-0.15, -0.1) is 0 Å². The van der Waals surface area contributed by atoms with Crippen LogP contribution in [-0.4, -0.2) is 73.3 Å². The lowest BCUT2D eigenvalue weighted by atomic mass is 9.79. The third-order valence-electron chi connectivity index (χ3n) is 10.9. The Labute approximate surface area is 312 Å². The number of aliphatic hydroxyl groups excluding tert-OH is 2. The van der Waals surface area contributed by atoms with Gasteiger partial charge in [0.1, 0.15) is 34.9 Å². The molecule has 4 aromatic rings. The average molecular weight is 747 g/mol. The van der Waals surface area contributed by atoms with Crippen molar-refractivity contribution in [1.82, 2.24) is 9.55 Å². The average Bonchev–Trinajstić information content (AvgIpc) is 3.39. The Balaban J connectivity index is 1.71. The van der Waals surface area contributed by atoms with Crippen LogP contribution in [0.25, 0.3) is 0 Å². The first-order valence-corrected chi connectivity index (χ1v) is 20.3. The molecule has 0 amide bonds. The van der Waals surface area contributed by atoms with Crippen molar-refractivity contribution in [2.75, 3.05) is 27.4 Å². The summed E-state index contributed by atoms with van der Waals surface area (Å²) in [6.07, 6.45) is -3.17. The van der Waals surface area contributed by atoms with Crippen LogP contribution in [0.3, 0.4) is 0 Å². The van der Waals surface area contributed by atoms with E-state index < -0.39 is 49.2 Å². The number of ether oxygens (including phenoxy) is 4. The molecule has 3 aromatic carbocycles. The maximum absolute atomic E-state index is 13.2. The summed E-state index contributed by atoms with van der Waals surface area (Å²) in [5.41, 5.74) is -1.13. The fraction of sp³-hybridized carbons (Fsp3) is 0.463. The Morgan fingerprint density at radius 1 is 0.792 bits per heavy atom. The second-order valence-corrected chi connectivity index (χ2v) is 20.3. The zero-order valence-corrected chi connectivity index (χ0v) is 33.2. The Hall–Kier alpha value is -4.04. The van der Waals surface area contributed by atoms with Crippen molar-refractivity contribution in [1.29, 1.82) is 0 Å². The molecule has 4 atom stereocenters. The van der Waals surface area contributed by atoms with E-state index in [2.05, 4.69) is 46.5 Å². The van der Waals surface area contributed by atoms with Crippen LogP contribution in [0, 0.1) is 6.92 Å². The van der Waals surface area contributed by atoms with Gasteiger partial charge in [-0.3, -0.25) is 14.3 Å². The molecule has 1 fully saturated rings. The molecule has 3 N–H and O–H groups in total. The van der Waals surface area contributed by atoms with E-state index in [4.69, 9.17) is 23.4 Å². The standard InChI is InChI=1S/C41H54N2O9Si/c1-26(2)53(27(3)4,28(5)6)51-25-40(36(45)35(44)38(52-40)43-23-29(7)37(46)42-39(43)47)24-50-41(30-13-11-10-12-14-30,31-15-19-33(48-8)20-16-31)32-17-21-34(49-9)22-18-32/h10-23,26-28,35-36,38,44-45H,24-25H2,1-9H3,(H,42,46,47)/t35-,36+,38-,40+/m1/s1. The molecule has 0 aliphatic carbocycles. The lowest BCUT2D eigenvalue weighted by Crippen LogP contribution is -2.57. The number of aliphatic hydroxyl groups is 2. The Morgan fingerprint density at radius 3 is 1.75 bits per heavy atom. The van der Waals surface area contributed by atoms with Crippen molar-refractivity contribution >= 4 is 8.32 Å². The van der Waals surface area contributed by atoms with Crippen molar-refractivity contribution in [2.24, 2.45) is 0 Å². The Bertz CT molecular complexity index is 1860. The highest BCUT2D eigenvalue weighted by Crippen LogP contribution is 2.47. The van der Waals surface area contributed by atoms with E-state index in [-0.39, 0.29) is 35.4 Å². The van der Waals surface area contributed by atoms with Gasteiger partial charge in [0.25, 0.3) is 5.56 Å². The number of rotatable bonds is 15. The van der Waals surface area contributed by atoms with Crippen LogP contribution < -0.4 is 20.7 Å². The second-order valence-electron chi connectivity index (χ2n) is 14.9. The van der Waals surface area contributed by atoms with E-state index >= 15 is 0 Å². The van der Waals surface area contributed by atoms with Crippen molar-refractivity contribution < 1.29 is 33.6 Å². The van der Waals surface area contributed by atoms with Crippen LogP contribution in [0.4, 0.5) is 0 Å². The van der Waals surface area contributed by atoms with Gasteiger partial charge >= 0.3 is 5.69 Å². The summed E-state index contributed by atoms with van der Waals surface area (Å²) in [6.45, 7) is 14.1. The maximum atomic E-state index is 13.2. The Kier molecular flexibility index (Phi) is 12.2. The number of benzene rings is 3. The van der Waals surface area contributed by atoms with E-state index in [1.165, 1.54) is 6.20 Å². The molecule has 5 rings (SSSR count). The third kappa shape index (κ3) is 7.40. The molecule has 0 unspecified atom stereocenters. The number of nitrogens with one attached hydrogen (secondary N) is 1. The first-order valence-electron chi connectivity index (χ1n) is 18.1. The lowest BCUT2D eigenvalue weighted by Gasteiger charge is -2.46. The number of aromatic nitrogens is 2. The number of H-pyrrole nitrogens is 1. The number of aromatic amines is 1. The fourth-order valence-electron chi connectivity index (χ4n) is 8.18. The smallest absolute Gasteiger partial charge is 0.330 e. The SMILES string of the molecule is COc1ccc(C(OC[C@@]2(CO[Si](C(C)C)(C(C)C)C(C)C)O[C@@H](n3cc(C)c(=O)[nH]c3=O)[C@H](O)[C@@H]2O)(c2ccccc2)c2ccc(OC)cc2)cc1. The van der Waals surface area contributed by atoms with Crippen LogP contribution in [0.2, 0.25) is 16.6 Å². The number of hydrogen-bond acceptors (Lipinski definition) is 9. The fourth-order valence-corrected chi connectivity index (χ4v) is 13.7. The summed E-state index contributed by atoms with van der Waals surface area (Å²) < 4.78 is 33.2. The van der Waals surface area contributed by atoms with E-state index in [1.807, 2.05) is 78.9 Å². The normalized spacial score (nSPS) is 20.8. The number of nitrogens with zero attached hydrogens (tertiary/aromatic N) is 1. The van der Waals surface area contributed by atoms with Crippen LogP contribution in [-0.2, 0) is 19.5 Å². The predicted octanol–water partition coefficient (Wildman–Crippen LogP) is 6.05. The monoisotopic (exact) mass is 746 g/mol. The molecule has 2 heterocycles. The van der Waals surface area contributed by atoms with Gasteiger partial charge in [0.2, 0.25) is 0 Å². The van der Waals surface area contributed by atoms with Crippen molar-refractivity contribution in [3.05, 3.63) is 128 Å². The molecule has 0 spiro atoms. The summed E-state index contributed by atoms with van der Waals surface area (Å²) in [7, 11) is 0.628. The van der Waals surface area contributed by atoms with Gasteiger partial charge in [0, 0.05) is 11.8 Å². The predicted molar refractivity (Wildman–Crippen MR) is 206 cm³/mol. The minimum Gasteiger partial charge on any atom is -0.497 e. The largest absolute Gasteiger partial charge is 0.497 e. The zero-order valence-electron chi connectivity index (χ0n) is 32.2. The highest BCUT2D eigenvalue weighted by Gasteiger charge is 2.58. The van der Waals surface area contributed by atoms with Gasteiger partial charge in [-0.25, -0.2) is 4.79 Å². The number of aryl methyl sites for hydroxylation is 1. The van der Waals surface area contributed by atoms with Gasteiger partial charge in [-0.2, -0.15) is 0 Å². The summed E-state index contributed by atoms with van der Waals surface area (Å²) in [5, 5.41) is 23.9. The molecule has 0 bridgehead atoms. The molecule has 1 aliphatic heterocycles. The second kappa shape index (κ2) is 16.1. The van der Waals surface area contributed by atoms with Crippen LogP contribution in [0.1, 0.15) is 70.0 Å². The summed E-state index contributed by atoms with van der Waals surface area (Å²) >= 11 is 0. The molecule has 1 aliphatic rings. The minimum absolute atomic E-state index is 0.129. The molecule has 0 saturated carbocycles. The molecular weight excluding hydrogens is 693 g/mol. The molecule has 0 radical (unpaired) electrons. The molecule has 53 heavy (non-hydrogen) atoms. The lowest BCUT2D eigenvalue weighted by molar-refractivity contribution is -0.176. The minimum atomic E-state index is -2.58. The molecule has 286 valence electrons. The van der Waals surface area contributed by atoms with Gasteiger partial charge in [-0.1, -0.05) is 96.1 Å². The molecule has 1 aromatic heterocycles. The summed E-state index contributed by atoms with van der Waals surface area (Å²) in [5.74, 6) is 1.32. The molecular formula is C41H54N2O9Si. The van der Waals surface area contributed by atoms with Crippen LogP contribution in [0.5, 0.6) is 11.5 Å². The van der Waals surface area contributed by atoms with E-state index in [0.717, 1.165) is 21.3 Å². The van der Waals surface area contributed by atoms with Crippen LogP contribution in [0.15, 0.2) is 94.6 Å². The third-order valence-corrected chi connectivity index (χ3v) is 17.0. The Morgan fingerprint density at radius 2 is 1.28 bits per heavy atom. The van der Waals surface area contributed by atoms with E-state index in [0.29, 0.717) is 11.5 Å². The van der Waals surface area contributed by atoms with Gasteiger partial charge < -0.3 is 33.6 Å². The highest BCUT2D eigenvalue weighted by molar-refractivity contribution is 6.77. The van der Waals surface area contributed by atoms with E-state index in [9.17, 15) is 19.8 Å². The summed E-state index contributed by atoms with van der Waals surface area (Å²) in [6, 6.07) is 24.9. The van der Waals surface area contributed by atoms with E-state index in [1.54, 1.807) is 21.1 Å². The highest BCUT2D eigenvalue weighted by atomic mass is 28.4. The van der Waals surface area contributed by atoms with Crippen molar-refractivity contribution in [3.63, 3.8) is 0 Å². The quantitative estimate of drug-likeness (QED) is 0.0979. The number of hydrogen-bond donors (Lipinski definition) is 3. The molecule has 12 heteroatoms. The van der Waals surface area contributed by atoms with Crippen molar-refractivity contribution in [2.45, 2.75) is 94.7 Å². The van der Waals surface area contributed by atoms with Gasteiger partial charge in [0.15, 0.2) is 14.5 Å². The maximum Gasteiger partial charge on any atom is 0.330 e. The summed E-state index contributed by atoms with van der Waals surface area (Å²) in [4.78, 5) is 27.8.